The van der Waals surface area contributed by atoms with Gasteiger partial charge in [-0.3, -0.25) is 19.8 Å². The fourth-order valence-corrected chi connectivity index (χ4v) is 4.83. The molecule has 0 unspecified atom stereocenters. The summed E-state index contributed by atoms with van der Waals surface area (Å²) in [5.41, 5.74) is 10.3. The van der Waals surface area contributed by atoms with Gasteiger partial charge in [0.2, 0.25) is 0 Å². The van der Waals surface area contributed by atoms with E-state index in [4.69, 9.17) is 5.73 Å². The van der Waals surface area contributed by atoms with Crippen LogP contribution in [0.15, 0.2) is 71.2 Å². The second-order valence-electron chi connectivity index (χ2n) is 9.74. The van der Waals surface area contributed by atoms with Crippen molar-refractivity contribution in [1.29, 1.82) is 5.26 Å². The number of hydrogen-bond acceptors (Lipinski definition) is 7. The molecule has 0 amide bonds. The molecule has 2 aromatic carbocycles. The van der Waals surface area contributed by atoms with E-state index in [9.17, 15) is 20.2 Å². The van der Waals surface area contributed by atoms with Gasteiger partial charge in [-0.2, -0.15) is 5.26 Å². The van der Waals surface area contributed by atoms with Crippen molar-refractivity contribution in [2.45, 2.75) is 32.6 Å². The lowest BCUT2D eigenvalue weighted by Crippen LogP contribution is -2.42. The van der Waals surface area contributed by atoms with Gasteiger partial charge in [-0.05, 0) is 41.7 Å². The lowest BCUT2D eigenvalue weighted by Gasteiger charge is -2.43. The van der Waals surface area contributed by atoms with E-state index in [0.29, 0.717) is 29.7 Å². The SMILES string of the molecule is CN(C)c1ccc([C@@H]2C(C#N)=C(N)N(c3ccc([N+](=O)[O-])cc3)C3=C2C(=O)CC(C)(C)C3)cc1. The van der Waals surface area contributed by atoms with Crippen molar-refractivity contribution in [1.82, 2.24) is 0 Å². The molecule has 1 aliphatic carbocycles. The number of nitro groups is 1. The van der Waals surface area contributed by atoms with Crippen LogP contribution >= 0.6 is 0 Å². The fourth-order valence-electron chi connectivity index (χ4n) is 4.83. The fraction of sp³-hybridized carbons (Fsp3) is 0.308. The zero-order valence-corrected chi connectivity index (χ0v) is 19.7. The number of carbonyl (C=O) groups excluding carboxylic acids is 1. The second-order valence-corrected chi connectivity index (χ2v) is 9.74. The molecule has 0 bridgehead atoms. The Kier molecular flexibility index (Phi) is 5.65. The van der Waals surface area contributed by atoms with Crippen molar-refractivity contribution in [3.05, 3.63) is 86.9 Å². The number of carbonyl (C=O) groups is 1. The van der Waals surface area contributed by atoms with E-state index in [1.807, 2.05) is 57.1 Å². The molecular weight excluding hydrogens is 430 g/mol. The molecule has 0 fully saturated rings. The number of hydrogen-bond donors (Lipinski definition) is 1. The highest BCUT2D eigenvalue weighted by Gasteiger charge is 2.44. The highest BCUT2D eigenvalue weighted by atomic mass is 16.6. The Hall–Kier alpha value is -4.12. The first kappa shape index (κ1) is 23.1. The Morgan fingerprint density at radius 2 is 1.74 bits per heavy atom. The van der Waals surface area contributed by atoms with Crippen LogP contribution in [0.5, 0.6) is 0 Å². The van der Waals surface area contributed by atoms with Gasteiger partial charge >= 0.3 is 0 Å². The maximum atomic E-state index is 13.5. The van der Waals surface area contributed by atoms with Gasteiger partial charge < -0.3 is 10.6 Å². The van der Waals surface area contributed by atoms with Gasteiger partial charge in [-0.25, -0.2) is 0 Å². The predicted octanol–water partition coefficient (Wildman–Crippen LogP) is 4.60. The van der Waals surface area contributed by atoms with Crippen LogP contribution < -0.4 is 15.5 Å². The molecule has 1 atom stereocenters. The Bertz CT molecular complexity index is 1270. The van der Waals surface area contributed by atoms with Gasteiger partial charge in [0, 0.05) is 55.3 Å². The van der Waals surface area contributed by atoms with Crippen molar-refractivity contribution in [3.8, 4) is 6.07 Å². The third-order valence-electron chi connectivity index (χ3n) is 6.44. The van der Waals surface area contributed by atoms with Crippen LogP contribution in [0.1, 0.15) is 38.2 Å². The van der Waals surface area contributed by atoms with Crippen LogP contribution in [0.25, 0.3) is 0 Å². The van der Waals surface area contributed by atoms with Crippen molar-refractivity contribution in [2.24, 2.45) is 11.1 Å². The molecule has 8 nitrogen and oxygen atoms in total. The zero-order chi connectivity index (χ0) is 24.8. The Morgan fingerprint density at radius 3 is 2.26 bits per heavy atom. The molecule has 0 aromatic heterocycles. The standard InChI is InChI=1S/C26H27N5O3/c1-26(2)13-21-24(22(32)14-26)23(16-5-7-17(8-6-16)29(3)4)20(15-27)25(28)30(21)18-9-11-19(12-10-18)31(33)34/h5-12,23H,13-14,28H2,1-4H3/t23-/m1/s1. The lowest BCUT2D eigenvalue weighted by molar-refractivity contribution is -0.384. The summed E-state index contributed by atoms with van der Waals surface area (Å²) in [7, 11) is 3.90. The summed E-state index contributed by atoms with van der Waals surface area (Å²) in [5, 5.41) is 21.3. The van der Waals surface area contributed by atoms with Crippen LogP contribution in [0, 0.1) is 26.9 Å². The van der Waals surface area contributed by atoms with Gasteiger partial charge in [0.25, 0.3) is 5.69 Å². The van der Waals surface area contributed by atoms with Crippen molar-refractivity contribution < 1.29 is 9.72 Å². The highest BCUT2D eigenvalue weighted by Crippen LogP contribution is 2.50. The predicted molar refractivity (Wildman–Crippen MR) is 131 cm³/mol. The first-order chi connectivity index (χ1) is 16.0. The van der Waals surface area contributed by atoms with E-state index < -0.39 is 10.8 Å². The third kappa shape index (κ3) is 3.90. The molecule has 0 saturated carbocycles. The maximum Gasteiger partial charge on any atom is 0.269 e. The van der Waals surface area contributed by atoms with Gasteiger partial charge in [0.05, 0.1) is 22.5 Å². The molecule has 2 aromatic rings. The van der Waals surface area contributed by atoms with Crippen LogP contribution in [0.2, 0.25) is 0 Å². The largest absolute Gasteiger partial charge is 0.384 e. The van der Waals surface area contributed by atoms with Crippen molar-refractivity contribution >= 4 is 22.8 Å². The van der Waals surface area contributed by atoms with E-state index >= 15 is 0 Å². The lowest BCUT2D eigenvalue weighted by atomic mass is 9.68. The number of rotatable bonds is 4. The van der Waals surface area contributed by atoms with Crippen LogP contribution in [-0.4, -0.2) is 24.8 Å². The van der Waals surface area contributed by atoms with E-state index in [-0.39, 0.29) is 22.7 Å². The Labute approximate surface area is 198 Å². The van der Waals surface area contributed by atoms with Gasteiger partial charge in [-0.15, -0.1) is 0 Å². The first-order valence-corrected chi connectivity index (χ1v) is 11.0. The van der Waals surface area contributed by atoms with E-state index in [2.05, 4.69) is 6.07 Å². The molecule has 174 valence electrons. The smallest absolute Gasteiger partial charge is 0.269 e. The van der Waals surface area contributed by atoms with Gasteiger partial charge in [0.15, 0.2) is 5.78 Å². The average Bonchev–Trinajstić information content (AvgIpc) is 2.77. The average molecular weight is 458 g/mol. The minimum absolute atomic E-state index is 0.0138. The molecule has 8 heteroatoms. The summed E-state index contributed by atoms with van der Waals surface area (Å²) in [6, 6.07) is 16.0. The molecule has 1 aliphatic heterocycles. The molecule has 0 spiro atoms. The molecule has 2 N–H and O–H groups in total. The Balaban J connectivity index is 1.93. The van der Waals surface area contributed by atoms with Crippen LogP contribution in [-0.2, 0) is 4.79 Å². The second kappa shape index (κ2) is 8.34. The van der Waals surface area contributed by atoms with Crippen LogP contribution in [0.4, 0.5) is 17.1 Å². The first-order valence-electron chi connectivity index (χ1n) is 11.0. The number of anilines is 2. The number of Topliss-reactive ketones (excluding diaryl/α,β-unsaturated/α-hetero) is 1. The maximum absolute atomic E-state index is 13.5. The number of allylic oxidation sites excluding steroid dienone is 3. The van der Waals surface area contributed by atoms with E-state index in [1.165, 1.54) is 12.1 Å². The van der Waals surface area contributed by atoms with Gasteiger partial charge in [-0.1, -0.05) is 26.0 Å². The summed E-state index contributed by atoms with van der Waals surface area (Å²) in [6.45, 7) is 4.06. The molecule has 0 radical (unpaired) electrons. The molecule has 4 rings (SSSR count). The number of nitriles is 1. The number of non-ortho nitro benzene ring substituents is 1. The number of ketones is 1. The summed E-state index contributed by atoms with van der Waals surface area (Å²) in [6.07, 6.45) is 0.946. The summed E-state index contributed by atoms with van der Waals surface area (Å²) >= 11 is 0. The minimum Gasteiger partial charge on any atom is -0.384 e. The molecule has 0 saturated heterocycles. The number of benzene rings is 2. The normalized spacial score (nSPS) is 19.6. The number of nitrogens with zero attached hydrogens (tertiary/aromatic N) is 4. The monoisotopic (exact) mass is 457 g/mol. The summed E-state index contributed by atoms with van der Waals surface area (Å²) in [5.74, 6) is -0.337. The van der Waals surface area contributed by atoms with Gasteiger partial charge in [0.1, 0.15) is 5.82 Å². The molecular formula is C26H27N5O3. The topological polar surface area (TPSA) is 116 Å². The minimum atomic E-state index is -0.561. The highest BCUT2D eigenvalue weighted by molar-refractivity contribution is 6.01. The molecule has 1 heterocycles. The molecule has 34 heavy (non-hydrogen) atoms. The molecule has 2 aliphatic rings. The van der Waals surface area contributed by atoms with Crippen LogP contribution in [0.3, 0.4) is 0 Å². The number of nitrogens with two attached hydrogens (primary N) is 1. The van der Waals surface area contributed by atoms with E-state index in [1.54, 1.807) is 17.0 Å². The summed E-state index contributed by atoms with van der Waals surface area (Å²) < 4.78 is 0. The Morgan fingerprint density at radius 1 is 1.12 bits per heavy atom. The zero-order valence-electron chi connectivity index (χ0n) is 19.7. The number of nitro benzene ring substituents is 1. The van der Waals surface area contributed by atoms with Crippen molar-refractivity contribution in [3.63, 3.8) is 0 Å². The van der Waals surface area contributed by atoms with E-state index in [0.717, 1.165) is 16.9 Å². The summed E-state index contributed by atoms with van der Waals surface area (Å²) in [4.78, 5) is 27.9. The van der Waals surface area contributed by atoms with Crippen molar-refractivity contribution in [2.75, 3.05) is 23.9 Å². The third-order valence-corrected chi connectivity index (χ3v) is 6.44. The quantitative estimate of drug-likeness (QED) is 0.527.